The molecule has 0 aliphatic heterocycles. The molecule has 0 atom stereocenters. The van der Waals surface area contributed by atoms with Gasteiger partial charge in [-0.3, -0.25) is 9.78 Å². The van der Waals surface area contributed by atoms with Gasteiger partial charge in [0.05, 0.1) is 5.69 Å². The van der Waals surface area contributed by atoms with Crippen molar-refractivity contribution in [3.05, 3.63) is 89.3 Å². The number of hydrogen-bond donors (Lipinski definition) is 2. The number of carbonyl (C=O) groups is 1. The van der Waals surface area contributed by atoms with Crippen LogP contribution in [0.3, 0.4) is 0 Å². The normalized spacial score (nSPS) is 10.5. The summed E-state index contributed by atoms with van der Waals surface area (Å²) in [5.41, 5.74) is 4.93. The monoisotopic (exact) mass is 459 g/mol. The summed E-state index contributed by atoms with van der Waals surface area (Å²) in [7, 11) is 0. The number of benzene rings is 2. The van der Waals surface area contributed by atoms with Crippen molar-refractivity contribution in [1.29, 1.82) is 0 Å². The fourth-order valence-corrected chi connectivity index (χ4v) is 3.39. The van der Waals surface area contributed by atoms with Gasteiger partial charge in [-0.05, 0) is 73.5 Å². The van der Waals surface area contributed by atoms with Gasteiger partial charge >= 0.3 is 0 Å². The van der Waals surface area contributed by atoms with E-state index in [1.54, 1.807) is 36.8 Å². The summed E-state index contributed by atoms with van der Waals surface area (Å²) < 4.78 is 5.62. The zero-order chi connectivity index (χ0) is 23.2. The second-order valence-corrected chi connectivity index (χ2v) is 7.84. The quantitative estimate of drug-likeness (QED) is 0.375. The van der Waals surface area contributed by atoms with Crippen molar-refractivity contribution in [3.63, 3.8) is 0 Å². The third kappa shape index (κ3) is 5.84. The zero-order valence-corrected chi connectivity index (χ0v) is 18.9. The first-order valence-corrected chi connectivity index (χ1v) is 10.7. The molecule has 7 nitrogen and oxygen atoms in total. The molecule has 2 aromatic heterocycles. The van der Waals surface area contributed by atoms with Crippen molar-refractivity contribution in [2.45, 2.75) is 13.8 Å². The SMILES string of the molecule is Cc1ccc(NC(=O)COc2ccc(Cl)cc2C)cc1Nc1nccc(-c2cccnc2)n1. The van der Waals surface area contributed by atoms with Gasteiger partial charge in [0, 0.05) is 40.6 Å². The Labute approximate surface area is 196 Å². The highest BCUT2D eigenvalue weighted by Gasteiger charge is 2.09. The van der Waals surface area contributed by atoms with Crippen LogP contribution in [0.4, 0.5) is 17.3 Å². The minimum atomic E-state index is -0.269. The van der Waals surface area contributed by atoms with Crippen molar-refractivity contribution in [2.75, 3.05) is 17.2 Å². The average molecular weight is 460 g/mol. The van der Waals surface area contributed by atoms with Crippen LogP contribution >= 0.6 is 11.6 Å². The van der Waals surface area contributed by atoms with E-state index in [1.165, 1.54) is 0 Å². The average Bonchev–Trinajstić information content (AvgIpc) is 2.81. The topological polar surface area (TPSA) is 89.0 Å². The fraction of sp³-hybridized carbons (Fsp3) is 0.120. The van der Waals surface area contributed by atoms with Gasteiger partial charge in [-0.2, -0.15) is 0 Å². The van der Waals surface area contributed by atoms with Gasteiger partial charge in [0.1, 0.15) is 5.75 Å². The van der Waals surface area contributed by atoms with Crippen LogP contribution in [0.1, 0.15) is 11.1 Å². The lowest BCUT2D eigenvalue weighted by Crippen LogP contribution is -2.20. The van der Waals surface area contributed by atoms with Gasteiger partial charge < -0.3 is 15.4 Å². The molecule has 2 N–H and O–H groups in total. The first kappa shape index (κ1) is 22.2. The summed E-state index contributed by atoms with van der Waals surface area (Å²) in [6.45, 7) is 3.73. The van der Waals surface area contributed by atoms with Crippen LogP contribution < -0.4 is 15.4 Å². The van der Waals surface area contributed by atoms with Gasteiger partial charge in [0.15, 0.2) is 6.61 Å². The highest BCUT2D eigenvalue weighted by Crippen LogP contribution is 2.25. The molecule has 2 aromatic carbocycles. The van der Waals surface area contributed by atoms with E-state index in [1.807, 2.05) is 50.2 Å². The summed E-state index contributed by atoms with van der Waals surface area (Å²) in [5.74, 6) is 0.796. The lowest BCUT2D eigenvalue weighted by molar-refractivity contribution is -0.118. The Bertz CT molecular complexity index is 1280. The van der Waals surface area contributed by atoms with Crippen LogP contribution in [-0.4, -0.2) is 27.5 Å². The molecule has 0 aliphatic carbocycles. The zero-order valence-electron chi connectivity index (χ0n) is 18.2. The highest BCUT2D eigenvalue weighted by atomic mass is 35.5. The number of amides is 1. The number of pyridine rings is 1. The molecule has 33 heavy (non-hydrogen) atoms. The predicted octanol–water partition coefficient (Wildman–Crippen LogP) is 5.57. The smallest absolute Gasteiger partial charge is 0.262 e. The number of ether oxygens (including phenoxy) is 1. The second-order valence-electron chi connectivity index (χ2n) is 7.41. The molecule has 0 aliphatic rings. The predicted molar refractivity (Wildman–Crippen MR) is 130 cm³/mol. The number of nitrogens with one attached hydrogen (secondary N) is 2. The summed E-state index contributed by atoms with van der Waals surface area (Å²) in [6.07, 6.45) is 5.16. The van der Waals surface area contributed by atoms with Gasteiger partial charge in [0.25, 0.3) is 5.91 Å². The molecule has 166 valence electrons. The standard InChI is InChI=1S/C25H22ClN5O2/c1-16-5-7-20(29-24(32)15-33-23-8-6-19(26)12-17(23)2)13-22(16)31-25-28-11-9-21(30-25)18-4-3-10-27-14-18/h3-14H,15H2,1-2H3,(H,29,32)(H,28,30,31). The molecule has 0 unspecified atom stereocenters. The Morgan fingerprint density at radius 2 is 1.91 bits per heavy atom. The van der Waals surface area contributed by atoms with E-state index >= 15 is 0 Å². The van der Waals surface area contributed by atoms with E-state index in [-0.39, 0.29) is 12.5 Å². The fourth-order valence-electron chi connectivity index (χ4n) is 3.16. The molecule has 8 heteroatoms. The van der Waals surface area contributed by atoms with E-state index in [4.69, 9.17) is 16.3 Å². The molecule has 2 heterocycles. The molecule has 4 aromatic rings. The van der Waals surface area contributed by atoms with E-state index in [0.717, 1.165) is 28.1 Å². The van der Waals surface area contributed by atoms with Crippen LogP contribution in [0.25, 0.3) is 11.3 Å². The van der Waals surface area contributed by atoms with Crippen molar-refractivity contribution in [1.82, 2.24) is 15.0 Å². The van der Waals surface area contributed by atoms with Gasteiger partial charge in [-0.25, -0.2) is 9.97 Å². The number of rotatable bonds is 7. The maximum Gasteiger partial charge on any atom is 0.262 e. The minimum absolute atomic E-state index is 0.116. The van der Waals surface area contributed by atoms with Crippen LogP contribution in [0, 0.1) is 13.8 Å². The third-order valence-electron chi connectivity index (χ3n) is 4.88. The number of halogens is 1. The molecule has 4 rings (SSSR count). The van der Waals surface area contributed by atoms with Crippen LogP contribution in [0.15, 0.2) is 73.2 Å². The molecule has 0 spiro atoms. The lowest BCUT2D eigenvalue weighted by Gasteiger charge is -2.13. The van der Waals surface area contributed by atoms with Gasteiger partial charge in [-0.1, -0.05) is 17.7 Å². The van der Waals surface area contributed by atoms with Crippen molar-refractivity contribution >= 4 is 34.8 Å². The van der Waals surface area contributed by atoms with Crippen molar-refractivity contribution < 1.29 is 9.53 Å². The molecular formula is C25H22ClN5O2. The first-order chi connectivity index (χ1) is 16.0. The van der Waals surface area contributed by atoms with Crippen LogP contribution in [0.2, 0.25) is 5.02 Å². The van der Waals surface area contributed by atoms with Gasteiger partial charge in [0.2, 0.25) is 5.95 Å². The summed E-state index contributed by atoms with van der Waals surface area (Å²) >= 11 is 5.96. The summed E-state index contributed by atoms with van der Waals surface area (Å²) in [4.78, 5) is 25.4. The van der Waals surface area contributed by atoms with E-state index in [2.05, 4.69) is 25.6 Å². The summed E-state index contributed by atoms with van der Waals surface area (Å²) in [5, 5.41) is 6.71. The number of nitrogens with zero attached hydrogens (tertiary/aromatic N) is 3. The van der Waals surface area contributed by atoms with E-state index in [0.29, 0.717) is 22.4 Å². The molecule has 0 bridgehead atoms. The number of aryl methyl sites for hydroxylation is 2. The second kappa shape index (κ2) is 10.1. The Kier molecular flexibility index (Phi) is 6.80. The lowest BCUT2D eigenvalue weighted by atomic mass is 10.1. The maximum atomic E-state index is 12.4. The van der Waals surface area contributed by atoms with Crippen molar-refractivity contribution in [3.8, 4) is 17.0 Å². The van der Waals surface area contributed by atoms with Crippen molar-refractivity contribution in [2.24, 2.45) is 0 Å². The number of anilines is 3. The van der Waals surface area contributed by atoms with Gasteiger partial charge in [-0.15, -0.1) is 0 Å². The highest BCUT2D eigenvalue weighted by molar-refractivity contribution is 6.30. The number of carbonyl (C=O) groups excluding carboxylic acids is 1. The van der Waals surface area contributed by atoms with E-state index in [9.17, 15) is 4.79 Å². The Morgan fingerprint density at radius 3 is 2.70 bits per heavy atom. The van der Waals surface area contributed by atoms with Crippen LogP contribution in [0.5, 0.6) is 5.75 Å². The molecule has 0 radical (unpaired) electrons. The minimum Gasteiger partial charge on any atom is -0.483 e. The largest absolute Gasteiger partial charge is 0.483 e. The number of aromatic nitrogens is 3. The third-order valence-corrected chi connectivity index (χ3v) is 5.11. The Hall–Kier alpha value is -3.97. The molecule has 0 fully saturated rings. The summed E-state index contributed by atoms with van der Waals surface area (Å²) in [6, 6.07) is 16.5. The molecule has 0 saturated heterocycles. The Morgan fingerprint density at radius 1 is 1.03 bits per heavy atom. The maximum absolute atomic E-state index is 12.4. The van der Waals surface area contributed by atoms with E-state index < -0.39 is 0 Å². The Balaban J connectivity index is 1.43. The van der Waals surface area contributed by atoms with Crippen LogP contribution in [-0.2, 0) is 4.79 Å². The first-order valence-electron chi connectivity index (χ1n) is 10.3. The molecule has 0 saturated carbocycles. The number of hydrogen-bond acceptors (Lipinski definition) is 6. The molecule has 1 amide bonds. The molecular weight excluding hydrogens is 438 g/mol.